The number of hydrogen-bond donors (Lipinski definition) is 2. The molecule has 0 saturated carbocycles. The summed E-state index contributed by atoms with van der Waals surface area (Å²) in [6.45, 7) is 3.00. The van der Waals surface area contributed by atoms with Crippen molar-refractivity contribution in [1.82, 2.24) is 15.1 Å². The van der Waals surface area contributed by atoms with Gasteiger partial charge in [-0.15, -0.1) is 0 Å². The summed E-state index contributed by atoms with van der Waals surface area (Å²) in [5.74, 6) is 0.119. The molecule has 2 N–H and O–H groups in total. The van der Waals surface area contributed by atoms with Crippen LogP contribution in [0.3, 0.4) is 0 Å². The summed E-state index contributed by atoms with van der Waals surface area (Å²) < 4.78 is 0. The first kappa shape index (κ1) is 14.5. The lowest BCUT2D eigenvalue weighted by molar-refractivity contribution is -0.138. The molecule has 0 radical (unpaired) electrons. The van der Waals surface area contributed by atoms with Gasteiger partial charge in [-0.1, -0.05) is 30.3 Å². The second-order valence-corrected chi connectivity index (χ2v) is 6.07. The van der Waals surface area contributed by atoms with Crippen molar-refractivity contribution in [1.29, 1.82) is 0 Å². The van der Waals surface area contributed by atoms with Crippen molar-refractivity contribution in [3.8, 4) is 0 Å². The van der Waals surface area contributed by atoms with Crippen LogP contribution < -0.4 is 5.32 Å². The van der Waals surface area contributed by atoms with Gasteiger partial charge >= 0.3 is 0 Å². The molecule has 0 spiro atoms. The van der Waals surface area contributed by atoms with Crippen LogP contribution in [0.1, 0.15) is 18.0 Å². The molecule has 2 aliphatic heterocycles. The molecule has 0 aromatic heterocycles. The average Bonchev–Trinajstić information content (AvgIpc) is 2.94. The molecule has 0 aliphatic carbocycles. The van der Waals surface area contributed by atoms with E-state index in [0.717, 1.165) is 19.6 Å². The maximum atomic E-state index is 12.8. The molecule has 0 unspecified atom stereocenters. The van der Waals surface area contributed by atoms with E-state index >= 15 is 0 Å². The molecular weight excluding hydrogens is 266 g/mol. The molecule has 3 rings (SSSR count). The van der Waals surface area contributed by atoms with Gasteiger partial charge in [0.25, 0.3) is 0 Å². The van der Waals surface area contributed by atoms with Crippen molar-refractivity contribution >= 4 is 5.91 Å². The predicted molar refractivity (Wildman–Crippen MR) is 80.8 cm³/mol. The van der Waals surface area contributed by atoms with E-state index in [9.17, 15) is 9.90 Å². The minimum atomic E-state index is -0.401. The van der Waals surface area contributed by atoms with Crippen molar-refractivity contribution in [2.45, 2.75) is 24.6 Å². The van der Waals surface area contributed by atoms with Gasteiger partial charge in [-0.2, -0.15) is 0 Å². The number of carbonyl (C=O) groups is 1. The monoisotopic (exact) mass is 289 g/mol. The maximum absolute atomic E-state index is 12.8. The number of nitrogens with one attached hydrogen (secondary N) is 1. The Kier molecular flexibility index (Phi) is 4.24. The number of nitrogens with zero attached hydrogens (tertiary/aromatic N) is 2. The van der Waals surface area contributed by atoms with Gasteiger partial charge in [-0.25, -0.2) is 0 Å². The van der Waals surface area contributed by atoms with Crippen LogP contribution in [0.2, 0.25) is 0 Å². The molecule has 1 amide bonds. The van der Waals surface area contributed by atoms with Crippen LogP contribution in [-0.2, 0) is 4.79 Å². The Morgan fingerprint density at radius 1 is 1.29 bits per heavy atom. The standard InChI is InChI=1S/C16H23N3O2/c1-18-7-8-19(16(21)14-9-13(20)10-17-14)15(11-18)12-5-3-2-4-6-12/h2-6,13-15,17,20H,7-11H2,1H3/t13-,14+,15-/m1/s1. The number of piperazine rings is 1. The quantitative estimate of drug-likeness (QED) is 0.818. The van der Waals surface area contributed by atoms with Crippen molar-refractivity contribution in [3.05, 3.63) is 35.9 Å². The van der Waals surface area contributed by atoms with Gasteiger partial charge in [0.15, 0.2) is 0 Å². The second kappa shape index (κ2) is 6.13. The molecule has 2 fully saturated rings. The highest BCUT2D eigenvalue weighted by Gasteiger charge is 2.36. The van der Waals surface area contributed by atoms with Crippen molar-refractivity contribution < 1.29 is 9.90 Å². The van der Waals surface area contributed by atoms with E-state index in [1.54, 1.807) is 0 Å². The molecule has 21 heavy (non-hydrogen) atoms. The Morgan fingerprint density at radius 3 is 2.71 bits per heavy atom. The molecule has 2 saturated heterocycles. The van der Waals surface area contributed by atoms with E-state index < -0.39 is 6.10 Å². The first-order chi connectivity index (χ1) is 10.1. The van der Waals surface area contributed by atoms with Crippen molar-refractivity contribution in [2.75, 3.05) is 33.2 Å². The van der Waals surface area contributed by atoms with Crippen LogP contribution in [0.15, 0.2) is 30.3 Å². The number of aliphatic hydroxyl groups is 1. The Balaban J connectivity index is 1.79. The molecule has 5 nitrogen and oxygen atoms in total. The zero-order chi connectivity index (χ0) is 14.8. The topological polar surface area (TPSA) is 55.8 Å². The predicted octanol–water partition coefficient (Wildman–Crippen LogP) is 0.225. The van der Waals surface area contributed by atoms with E-state index in [4.69, 9.17) is 0 Å². The summed E-state index contributed by atoms with van der Waals surface area (Å²) in [6.07, 6.45) is 0.119. The summed E-state index contributed by atoms with van der Waals surface area (Å²) in [7, 11) is 2.09. The van der Waals surface area contributed by atoms with Gasteiger partial charge < -0.3 is 20.2 Å². The van der Waals surface area contributed by atoms with E-state index in [1.165, 1.54) is 5.56 Å². The lowest BCUT2D eigenvalue weighted by Gasteiger charge is -2.41. The van der Waals surface area contributed by atoms with Crippen LogP contribution in [-0.4, -0.2) is 66.2 Å². The molecule has 1 aromatic carbocycles. The number of β-amino-alcohol motifs (C(OH)–C–C–N with tert-alkyl or cyclic N) is 1. The van der Waals surface area contributed by atoms with E-state index in [0.29, 0.717) is 13.0 Å². The summed E-state index contributed by atoms with van der Waals surface area (Å²) in [6, 6.07) is 10.1. The third kappa shape index (κ3) is 3.10. The Morgan fingerprint density at radius 2 is 2.05 bits per heavy atom. The van der Waals surface area contributed by atoms with Crippen LogP contribution in [0.4, 0.5) is 0 Å². The highest BCUT2D eigenvalue weighted by Crippen LogP contribution is 2.26. The molecule has 114 valence electrons. The lowest BCUT2D eigenvalue weighted by Crippen LogP contribution is -2.53. The third-order valence-corrected chi connectivity index (χ3v) is 4.46. The highest BCUT2D eigenvalue weighted by atomic mass is 16.3. The van der Waals surface area contributed by atoms with Gasteiger partial charge in [-0.3, -0.25) is 4.79 Å². The largest absolute Gasteiger partial charge is 0.392 e. The minimum absolute atomic E-state index is 0.0944. The summed E-state index contributed by atoms with van der Waals surface area (Å²) in [4.78, 5) is 17.0. The molecule has 1 aromatic rings. The molecule has 0 bridgehead atoms. The smallest absolute Gasteiger partial charge is 0.240 e. The SMILES string of the molecule is CN1CCN(C(=O)[C@@H]2C[C@@H](O)CN2)[C@@H](c2ccccc2)C1. The fourth-order valence-corrected chi connectivity index (χ4v) is 3.25. The van der Waals surface area contributed by atoms with Crippen LogP contribution in [0, 0.1) is 0 Å². The zero-order valence-electron chi connectivity index (χ0n) is 12.4. The summed E-state index contributed by atoms with van der Waals surface area (Å²) >= 11 is 0. The number of rotatable bonds is 2. The van der Waals surface area contributed by atoms with Gasteiger partial charge in [0.2, 0.25) is 5.91 Å². The number of likely N-dealkylation sites (N-methyl/N-ethyl adjacent to an activating group) is 1. The summed E-state index contributed by atoms with van der Waals surface area (Å²) in [5.41, 5.74) is 1.18. The van der Waals surface area contributed by atoms with Crippen LogP contribution in [0.25, 0.3) is 0 Å². The van der Waals surface area contributed by atoms with Gasteiger partial charge in [-0.05, 0) is 19.0 Å². The molecule has 2 aliphatic rings. The normalized spacial score (nSPS) is 30.6. The van der Waals surface area contributed by atoms with Gasteiger partial charge in [0.1, 0.15) is 0 Å². The Hall–Kier alpha value is -1.43. The molecule has 5 heteroatoms. The van der Waals surface area contributed by atoms with Crippen LogP contribution in [0.5, 0.6) is 0 Å². The number of hydrogen-bond acceptors (Lipinski definition) is 4. The van der Waals surface area contributed by atoms with E-state index in [1.807, 2.05) is 23.1 Å². The zero-order valence-corrected chi connectivity index (χ0v) is 12.4. The highest BCUT2D eigenvalue weighted by molar-refractivity contribution is 5.83. The van der Waals surface area contributed by atoms with Gasteiger partial charge in [0, 0.05) is 26.2 Å². The van der Waals surface area contributed by atoms with E-state index in [2.05, 4.69) is 29.4 Å². The molecular formula is C16H23N3O2. The number of carbonyl (C=O) groups excluding carboxylic acids is 1. The first-order valence-electron chi connectivity index (χ1n) is 7.60. The fourth-order valence-electron chi connectivity index (χ4n) is 3.25. The fraction of sp³-hybridized carbons (Fsp3) is 0.562. The summed E-state index contributed by atoms with van der Waals surface area (Å²) in [5, 5.41) is 12.8. The molecule has 2 heterocycles. The maximum Gasteiger partial charge on any atom is 0.240 e. The number of amides is 1. The Bertz CT molecular complexity index is 494. The van der Waals surface area contributed by atoms with Crippen molar-refractivity contribution in [2.24, 2.45) is 0 Å². The van der Waals surface area contributed by atoms with E-state index in [-0.39, 0.29) is 18.0 Å². The number of aliphatic hydroxyl groups excluding tert-OH is 1. The lowest BCUT2D eigenvalue weighted by atomic mass is 10.0. The Labute approximate surface area is 125 Å². The first-order valence-corrected chi connectivity index (χ1v) is 7.60. The van der Waals surface area contributed by atoms with Crippen LogP contribution >= 0.6 is 0 Å². The average molecular weight is 289 g/mol. The third-order valence-electron chi connectivity index (χ3n) is 4.46. The van der Waals surface area contributed by atoms with Crippen molar-refractivity contribution in [3.63, 3.8) is 0 Å². The van der Waals surface area contributed by atoms with Gasteiger partial charge in [0.05, 0.1) is 18.2 Å². The second-order valence-electron chi connectivity index (χ2n) is 6.07. The minimum Gasteiger partial charge on any atom is -0.392 e. The number of benzene rings is 1. The molecule has 3 atom stereocenters.